The molecule has 0 saturated carbocycles. The molecule has 0 amide bonds. The summed E-state index contributed by atoms with van der Waals surface area (Å²) in [6.07, 6.45) is 1.19. The summed E-state index contributed by atoms with van der Waals surface area (Å²) >= 11 is 0. The van der Waals surface area contributed by atoms with Crippen molar-refractivity contribution in [2.24, 2.45) is 0 Å². The third kappa shape index (κ3) is 1.28. The first kappa shape index (κ1) is 8.54. The molecule has 0 spiro atoms. The Labute approximate surface area is 76.6 Å². The van der Waals surface area contributed by atoms with Crippen LogP contribution in [-0.4, -0.2) is 25.3 Å². The molecule has 2 aromatic rings. The number of phenolic OH excluding ortho intramolecular Hbond substituents is 1. The molecule has 1 N–H and O–H groups in total. The molecule has 5 nitrogen and oxygen atoms in total. The lowest BCUT2D eigenvalue weighted by molar-refractivity contribution is 0.395. The number of hydrogen-bond acceptors (Lipinski definition) is 4. The van der Waals surface area contributed by atoms with Gasteiger partial charge in [0.2, 0.25) is 0 Å². The highest BCUT2D eigenvalue weighted by Gasteiger charge is 2.10. The topological polar surface area (TPSA) is 63.8 Å². The van der Waals surface area contributed by atoms with Crippen LogP contribution in [0.2, 0.25) is 0 Å². The van der Waals surface area contributed by atoms with Crippen LogP contribution in [0.1, 0.15) is 0 Å². The van der Waals surface area contributed by atoms with Crippen molar-refractivity contribution >= 4 is 0 Å². The fourth-order valence-corrected chi connectivity index (χ4v) is 0.964. The minimum absolute atomic E-state index is 0.0998. The number of hydrogen-bond donors (Lipinski definition) is 1. The molecule has 1 aromatic heterocycles. The Morgan fingerprint density at radius 1 is 1.21 bits per heavy atom. The van der Waals surface area contributed by atoms with Crippen molar-refractivity contribution in [2.75, 3.05) is 0 Å². The van der Waals surface area contributed by atoms with Gasteiger partial charge in [0.15, 0.2) is 17.4 Å². The van der Waals surface area contributed by atoms with Crippen LogP contribution in [0.5, 0.6) is 5.75 Å². The summed E-state index contributed by atoms with van der Waals surface area (Å²) in [6.45, 7) is 0. The number of phenols is 1. The maximum Gasteiger partial charge on any atom is 0.187 e. The molecule has 0 saturated heterocycles. The van der Waals surface area contributed by atoms with Crippen LogP contribution in [0, 0.1) is 11.6 Å². The predicted octanol–water partition coefficient (Wildman–Crippen LogP) is 0.646. The van der Waals surface area contributed by atoms with E-state index in [2.05, 4.69) is 15.5 Å². The molecule has 0 aliphatic heterocycles. The lowest BCUT2D eigenvalue weighted by Gasteiger charge is -2.01. The van der Waals surface area contributed by atoms with Crippen LogP contribution >= 0.6 is 0 Å². The molecule has 0 aliphatic carbocycles. The molecule has 1 aromatic carbocycles. The number of aromatic nitrogens is 4. The summed E-state index contributed by atoms with van der Waals surface area (Å²) in [5.41, 5.74) is 0.0998. The molecule has 0 fully saturated rings. The second kappa shape index (κ2) is 3.02. The van der Waals surface area contributed by atoms with Gasteiger partial charge in [-0.05, 0) is 10.4 Å². The first-order valence-corrected chi connectivity index (χ1v) is 3.60. The van der Waals surface area contributed by atoms with Crippen LogP contribution < -0.4 is 0 Å². The Balaban J connectivity index is 2.57. The second-order valence-electron chi connectivity index (χ2n) is 2.51. The third-order valence-electron chi connectivity index (χ3n) is 1.62. The minimum atomic E-state index is -1.06. The molecule has 2 rings (SSSR count). The van der Waals surface area contributed by atoms with Gasteiger partial charge in [0.05, 0.1) is 5.69 Å². The molecule has 72 valence electrons. The van der Waals surface area contributed by atoms with Gasteiger partial charge in [0.25, 0.3) is 0 Å². The van der Waals surface area contributed by atoms with Gasteiger partial charge >= 0.3 is 0 Å². The van der Waals surface area contributed by atoms with E-state index in [0.717, 1.165) is 16.8 Å². The van der Waals surface area contributed by atoms with Crippen molar-refractivity contribution in [1.29, 1.82) is 0 Å². The summed E-state index contributed by atoms with van der Waals surface area (Å²) in [7, 11) is 0. The number of halogens is 2. The normalized spacial score (nSPS) is 10.4. The number of rotatable bonds is 1. The highest BCUT2D eigenvalue weighted by atomic mass is 19.1. The highest BCUT2D eigenvalue weighted by molar-refractivity contribution is 5.38. The largest absolute Gasteiger partial charge is 0.503 e. The van der Waals surface area contributed by atoms with Gasteiger partial charge < -0.3 is 5.11 Å². The molecular formula is C7H4F2N4O. The van der Waals surface area contributed by atoms with Crippen LogP contribution in [0.25, 0.3) is 5.69 Å². The number of nitrogens with zero attached hydrogens (tertiary/aromatic N) is 4. The minimum Gasteiger partial charge on any atom is -0.503 e. The Hall–Kier alpha value is -2.05. The summed E-state index contributed by atoms with van der Waals surface area (Å²) < 4.78 is 26.8. The maximum absolute atomic E-state index is 12.9. The Morgan fingerprint density at radius 3 is 2.36 bits per heavy atom. The van der Waals surface area contributed by atoms with Crippen LogP contribution in [-0.2, 0) is 0 Å². The zero-order valence-electron chi connectivity index (χ0n) is 6.72. The molecule has 1 heterocycles. The average Bonchev–Trinajstić information content (AvgIpc) is 2.66. The second-order valence-corrected chi connectivity index (χ2v) is 2.51. The van der Waals surface area contributed by atoms with Gasteiger partial charge in [0, 0.05) is 12.1 Å². The van der Waals surface area contributed by atoms with E-state index in [1.54, 1.807) is 0 Å². The molecule has 0 unspecified atom stereocenters. The van der Waals surface area contributed by atoms with E-state index in [0.29, 0.717) is 0 Å². The molecule has 0 aliphatic rings. The van der Waals surface area contributed by atoms with E-state index < -0.39 is 17.4 Å². The van der Waals surface area contributed by atoms with Crippen LogP contribution in [0.4, 0.5) is 8.78 Å². The van der Waals surface area contributed by atoms with Crippen molar-refractivity contribution < 1.29 is 13.9 Å². The number of benzene rings is 1. The van der Waals surface area contributed by atoms with Crippen molar-refractivity contribution in [3.63, 3.8) is 0 Å². The first-order chi connectivity index (χ1) is 6.68. The molecule has 0 bridgehead atoms. The Morgan fingerprint density at radius 2 is 1.86 bits per heavy atom. The average molecular weight is 198 g/mol. The summed E-state index contributed by atoms with van der Waals surface area (Å²) in [4.78, 5) is 0. The van der Waals surface area contributed by atoms with Crippen LogP contribution in [0.3, 0.4) is 0 Å². The lowest BCUT2D eigenvalue weighted by atomic mass is 10.3. The van der Waals surface area contributed by atoms with Crippen LogP contribution in [0.15, 0.2) is 18.5 Å². The third-order valence-corrected chi connectivity index (χ3v) is 1.62. The smallest absolute Gasteiger partial charge is 0.187 e. The van der Waals surface area contributed by atoms with Gasteiger partial charge in [-0.3, -0.25) is 0 Å². The SMILES string of the molecule is Oc1c(F)cc(-n2cnnn2)cc1F. The van der Waals surface area contributed by atoms with E-state index in [4.69, 9.17) is 5.11 Å². The van der Waals surface area contributed by atoms with Crippen molar-refractivity contribution in [3.8, 4) is 11.4 Å². The van der Waals surface area contributed by atoms with E-state index in [1.165, 1.54) is 6.33 Å². The van der Waals surface area contributed by atoms with E-state index >= 15 is 0 Å². The molecule has 0 atom stereocenters. The quantitative estimate of drug-likeness (QED) is 0.730. The molecule has 7 heteroatoms. The van der Waals surface area contributed by atoms with E-state index in [1.807, 2.05) is 0 Å². The van der Waals surface area contributed by atoms with Crippen molar-refractivity contribution in [2.45, 2.75) is 0 Å². The first-order valence-electron chi connectivity index (χ1n) is 3.60. The standard InChI is InChI=1S/C7H4F2N4O/c8-5-1-4(2-6(9)7(5)14)13-3-10-11-12-13/h1-3,14H. The van der Waals surface area contributed by atoms with Gasteiger partial charge in [-0.15, -0.1) is 5.10 Å². The van der Waals surface area contributed by atoms with Gasteiger partial charge in [-0.1, -0.05) is 0 Å². The maximum atomic E-state index is 12.9. The number of aromatic hydroxyl groups is 1. The van der Waals surface area contributed by atoms with Gasteiger partial charge in [-0.25, -0.2) is 13.5 Å². The molecule has 14 heavy (non-hydrogen) atoms. The fourth-order valence-electron chi connectivity index (χ4n) is 0.964. The zero-order valence-corrected chi connectivity index (χ0v) is 6.72. The number of tetrazole rings is 1. The highest BCUT2D eigenvalue weighted by Crippen LogP contribution is 2.22. The van der Waals surface area contributed by atoms with Crippen molar-refractivity contribution in [3.05, 3.63) is 30.1 Å². The van der Waals surface area contributed by atoms with Gasteiger partial charge in [0.1, 0.15) is 6.33 Å². The Kier molecular flexibility index (Phi) is 1.84. The summed E-state index contributed by atoms with van der Waals surface area (Å²) in [5.74, 6) is -3.13. The van der Waals surface area contributed by atoms with Crippen molar-refractivity contribution in [1.82, 2.24) is 20.2 Å². The summed E-state index contributed by atoms with van der Waals surface area (Å²) in [5, 5.41) is 18.9. The van der Waals surface area contributed by atoms with E-state index in [-0.39, 0.29) is 5.69 Å². The monoisotopic (exact) mass is 198 g/mol. The zero-order chi connectivity index (χ0) is 10.1. The van der Waals surface area contributed by atoms with Gasteiger partial charge in [-0.2, -0.15) is 0 Å². The van der Waals surface area contributed by atoms with E-state index in [9.17, 15) is 8.78 Å². The fraction of sp³-hybridized carbons (Fsp3) is 0. The lowest BCUT2D eigenvalue weighted by Crippen LogP contribution is -1.97. The summed E-state index contributed by atoms with van der Waals surface area (Å²) in [6, 6.07) is 1.85. The Bertz CT molecular complexity index is 434. The molecular weight excluding hydrogens is 194 g/mol. The predicted molar refractivity (Wildman–Crippen MR) is 40.7 cm³/mol. The molecule has 0 radical (unpaired) electrons.